The fraction of sp³-hybridized carbons (Fsp3) is 0.333. The van der Waals surface area contributed by atoms with E-state index in [-0.39, 0.29) is 24.0 Å². The van der Waals surface area contributed by atoms with Gasteiger partial charge in [0, 0.05) is 11.7 Å². The highest BCUT2D eigenvalue weighted by Gasteiger charge is 2.33. The number of hydrogen-bond acceptors (Lipinski definition) is 2. The van der Waals surface area contributed by atoms with Crippen LogP contribution in [0.2, 0.25) is 0 Å². The number of amides is 2. The fourth-order valence-corrected chi connectivity index (χ4v) is 3.75. The molecule has 2 unspecified atom stereocenters. The molecule has 2 amide bonds. The van der Waals surface area contributed by atoms with Crippen LogP contribution < -0.4 is 10.2 Å². The molecule has 0 bridgehead atoms. The number of urea groups is 1. The van der Waals surface area contributed by atoms with Crippen molar-refractivity contribution in [3.05, 3.63) is 59.9 Å². The number of nitrogens with zero attached hydrogens (tertiary/aromatic N) is 2. The van der Waals surface area contributed by atoms with Crippen molar-refractivity contribution < 1.29 is 4.79 Å². The summed E-state index contributed by atoms with van der Waals surface area (Å²) in [5, 5.41) is 3.20. The van der Waals surface area contributed by atoms with E-state index in [1.807, 2.05) is 47.4 Å². The molecule has 2 aromatic carbocycles. The van der Waals surface area contributed by atoms with Gasteiger partial charge in [-0.2, -0.15) is 0 Å². The van der Waals surface area contributed by atoms with Crippen LogP contribution in [0.4, 0.5) is 10.5 Å². The van der Waals surface area contributed by atoms with Crippen LogP contribution in [-0.4, -0.2) is 22.0 Å². The third kappa shape index (κ3) is 2.83. The summed E-state index contributed by atoms with van der Waals surface area (Å²) >= 11 is 0. The van der Waals surface area contributed by atoms with E-state index in [2.05, 4.69) is 42.1 Å². The smallest absolute Gasteiger partial charge is 0.322 e. The molecule has 1 aromatic heterocycles. The second-order valence-electron chi connectivity index (χ2n) is 7.36. The van der Waals surface area contributed by atoms with Crippen LogP contribution in [0.15, 0.2) is 48.5 Å². The number of carbonyl (C=O) groups is 1. The van der Waals surface area contributed by atoms with E-state index in [1.165, 1.54) is 5.56 Å². The van der Waals surface area contributed by atoms with Crippen molar-refractivity contribution in [2.75, 3.05) is 4.90 Å². The van der Waals surface area contributed by atoms with Crippen LogP contribution in [0.1, 0.15) is 38.2 Å². The first-order chi connectivity index (χ1) is 12.5. The quantitative estimate of drug-likeness (QED) is 0.736. The molecule has 0 spiro atoms. The van der Waals surface area contributed by atoms with Crippen molar-refractivity contribution in [2.24, 2.45) is 5.92 Å². The normalized spacial score (nSPS) is 17.5. The van der Waals surface area contributed by atoms with Crippen LogP contribution in [0.25, 0.3) is 11.0 Å². The molecule has 2 heterocycles. The number of carbonyl (C=O) groups excluding carboxylic acids is 1. The molecule has 5 heteroatoms. The third-order valence-electron chi connectivity index (χ3n) is 5.07. The molecule has 26 heavy (non-hydrogen) atoms. The molecule has 0 radical (unpaired) electrons. The molecule has 3 aromatic rings. The van der Waals surface area contributed by atoms with Crippen molar-refractivity contribution in [2.45, 2.75) is 39.3 Å². The first-order valence-electron chi connectivity index (χ1n) is 9.17. The van der Waals surface area contributed by atoms with Gasteiger partial charge in [0.25, 0.3) is 0 Å². The molecular weight excluding hydrogens is 324 g/mol. The highest BCUT2D eigenvalue weighted by molar-refractivity contribution is 5.95. The Morgan fingerprint density at radius 1 is 1.19 bits per heavy atom. The number of rotatable bonds is 3. The van der Waals surface area contributed by atoms with Gasteiger partial charge < -0.3 is 10.3 Å². The number of H-pyrrole nitrogens is 1. The SMILES string of the molecule is CC(C)C(NC(=O)N1c2ccccc2CC1C)c1nc2ccccc2[nH]1. The molecule has 0 saturated carbocycles. The van der Waals surface area contributed by atoms with Gasteiger partial charge in [-0.15, -0.1) is 0 Å². The van der Waals surface area contributed by atoms with Gasteiger partial charge >= 0.3 is 6.03 Å². The van der Waals surface area contributed by atoms with Crippen molar-refractivity contribution in [3.63, 3.8) is 0 Å². The summed E-state index contributed by atoms with van der Waals surface area (Å²) in [5.74, 6) is 1.02. The number of aromatic nitrogens is 2. The van der Waals surface area contributed by atoms with Crippen LogP contribution in [0.5, 0.6) is 0 Å². The number of fused-ring (bicyclic) bond motifs is 2. The van der Waals surface area contributed by atoms with E-state index < -0.39 is 0 Å². The molecular formula is C21H24N4O. The summed E-state index contributed by atoms with van der Waals surface area (Å²) in [7, 11) is 0. The molecule has 0 aliphatic carbocycles. The Labute approximate surface area is 153 Å². The molecule has 1 aliphatic rings. The van der Waals surface area contributed by atoms with E-state index >= 15 is 0 Å². The third-order valence-corrected chi connectivity index (χ3v) is 5.07. The number of anilines is 1. The minimum atomic E-state index is -0.171. The summed E-state index contributed by atoms with van der Waals surface area (Å²) < 4.78 is 0. The van der Waals surface area contributed by atoms with Gasteiger partial charge in [0.05, 0.1) is 17.1 Å². The number of hydrogen-bond donors (Lipinski definition) is 2. The summed E-state index contributed by atoms with van der Waals surface area (Å²) in [6.07, 6.45) is 0.889. The van der Waals surface area contributed by atoms with Gasteiger partial charge in [0.1, 0.15) is 5.82 Å². The number of para-hydroxylation sites is 3. The van der Waals surface area contributed by atoms with Gasteiger partial charge in [-0.3, -0.25) is 4.90 Å². The van der Waals surface area contributed by atoms with Gasteiger partial charge in [-0.25, -0.2) is 9.78 Å². The Bertz CT molecular complexity index is 913. The Morgan fingerprint density at radius 3 is 2.69 bits per heavy atom. The standard InChI is InChI=1S/C21H24N4O/c1-13(2)19(20-22-16-9-5-6-10-17(16)23-20)24-21(26)25-14(3)12-15-8-4-7-11-18(15)25/h4-11,13-14,19H,12H2,1-3H3,(H,22,23)(H,24,26). The van der Waals surface area contributed by atoms with Crippen LogP contribution in [0, 0.1) is 5.92 Å². The van der Waals surface area contributed by atoms with Crippen molar-refractivity contribution in [3.8, 4) is 0 Å². The average molecular weight is 348 g/mol. The summed E-state index contributed by atoms with van der Waals surface area (Å²) in [4.78, 5) is 23.0. The molecule has 0 fully saturated rings. The predicted molar refractivity (Wildman–Crippen MR) is 104 cm³/mol. The highest BCUT2D eigenvalue weighted by atomic mass is 16.2. The van der Waals surface area contributed by atoms with Gasteiger partial charge in [-0.05, 0) is 43.0 Å². The van der Waals surface area contributed by atoms with E-state index in [0.717, 1.165) is 29.0 Å². The zero-order valence-electron chi connectivity index (χ0n) is 15.4. The largest absolute Gasteiger partial charge is 0.340 e. The molecule has 2 N–H and O–H groups in total. The number of nitrogens with one attached hydrogen (secondary N) is 2. The lowest BCUT2D eigenvalue weighted by atomic mass is 10.0. The Balaban J connectivity index is 1.62. The van der Waals surface area contributed by atoms with E-state index in [9.17, 15) is 4.79 Å². The maximum atomic E-state index is 13.1. The lowest BCUT2D eigenvalue weighted by Gasteiger charge is -2.27. The summed E-state index contributed by atoms with van der Waals surface area (Å²) in [6, 6.07) is 16.0. The van der Waals surface area contributed by atoms with Gasteiger partial charge in [0.2, 0.25) is 0 Å². The van der Waals surface area contributed by atoms with Crippen LogP contribution >= 0.6 is 0 Å². The van der Waals surface area contributed by atoms with E-state index in [1.54, 1.807) is 0 Å². The Hall–Kier alpha value is -2.82. The lowest BCUT2D eigenvalue weighted by Crippen LogP contribution is -2.45. The van der Waals surface area contributed by atoms with Crippen LogP contribution in [-0.2, 0) is 6.42 Å². The lowest BCUT2D eigenvalue weighted by molar-refractivity contribution is 0.236. The van der Waals surface area contributed by atoms with E-state index in [4.69, 9.17) is 0 Å². The van der Waals surface area contributed by atoms with Gasteiger partial charge in [0.15, 0.2) is 0 Å². The fourth-order valence-electron chi connectivity index (χ4n) is 3.75. The molecule has 2 atom stereocenters. The second-order valence-corrected chi connectivity index (χ2v) is 7.36. The Kier molecular flexibility index (Phi) is 4.15. The summed E-state index contributed by atoms with van der Waals surface area (Å²) in [5.41, 5.74) is 4.13. The minimum Gasteiger partial charge on any atom is -0.340 e. The van der Waals surface area contributed by atoms with Crippen molar-refractivity contribution in [1.82, 2.24) is 15.3 Å². The first-order valence-corrected chi connectivity index (χ1v) is 9.17. The van der Waals surface area contributed by atoms with Crippen LogP contribution in [0.3, 0.4) is 0 Å². The van der Waals surface area contributed by atoms with Crippen molar-refractivity contribution >= 4 is 22.8 Å². The number of benzene rings is 2. The molecule has 0 saturated heterocycles. The Morgan fingerprint density at radius 2 is 1.92 bits per heavy atom. The highest BCUT2D eigenvalue weighted by Crippen LogP contribution is 2.32. The maximum absolute atomic E-state index is 13.1. The van der Waals surface area contributed by atoms with Gasteiger partial charge in [-0.1, -0.05) is 44.2 Å². The molecule has 5 nitrogen and oxygen atoms in total. The number of aromatic amines is 1. The maximum Gasteiger partial charge on any atom is 0.322 e. The first kappa shape index (κ1) is 16.6. The second kappa shape index (κ2) is 6.48. The topological polar surface area (TPSA) is 61.0 Å². The zero-order valence-corrected chi connectivity index (χ0v) is 15.4. The number of imidazole rings is 1. The van der Waals surface area contributed by atoms with E-state index in [0.29, 0.717) is 0 Å². The zero-order chi connectivity index (χ0) is 18.3. The average Bonchev–Trinajstić information content (AvgIpc) is 3.18. The molecule has 4 rings (SSSR count). The monoisotopic (exact) mass is 348 g/mol. The van der Waals surface area contributed by atoms with Crippen molar-refractivity contribution in [1.29, 1.82) is 0 Å². The minimum absolute atomic E-state index is 0.0680. The predicted octanol–water partition coefficient (Wildman–Crippen LogP) is 4.42. The molecule has 1 aliphatic heterocycles. The summed E-state index contributed by atoms with van der Waals surface area (Å²) in [6.45, 7) is 6.28. The molecule has 134 valence electrons.